The monoisotopic (exact) mass is 251 g/mol. The second-order valence-electron chi connectivity index (χ2n) is 3.87. The van der Waals surface area contributed by atoms with Gasteiger partial charge in [-0.05, 0) is 19.1 Å². The van der Waals surface area contributed by atoms with Crippen molar-refractivity contribution in [1.82, 2.24) is 9.97 Å². The SMILES string of the molecule is CC(CO)Nc1nc(CCl)nc2ccccc12. The molecule has 2 aromatic rings. The van der Waals surface area contributed by atoms with E-state index >= 15 is 0 Å². The van der Waals surface area contributed by atoms with Gasteiger partial charge in [0.15, 0.2) is 0 Å². The molecule has 0 radical (unpaired) electrons. The third kappa shape index (κ3) is 2.65. The standard InChI is InChI=1S/C12H14ClN3O/c1-8(7-17)14-12-9-4-2-3-5-10(9)15-11(6-13)16-12/h2-5,8,17H,6-7H2,1H3,(H,14,15,16). The van der Waals surface area contributed by atoms with Gasteiger partial charge in [-0.1, -0.05) is 12.1 Å². The lowest BCUT2D eigenvalue weighted by molar-refractivity contribution is 0.281. The molecule has 1 aromatic carbocycles. The molecule has 90 valence electrons. The van der Waals surface area contributed by atoms with Crippen LogP contribution in [0.1, 0.15) is 12.7 Å². The largest absolute Gasteiger partial charge is 0.394 e. The Morgan fingerprint density at radius 1 is 1.35 bits per heavy atom. The number of para-hydroxylation sites is 1. The fourth-order valence-electron chi connectivity index (χ4n) is 1.57. The number of rotatable bonds is 4. The summed E-state index contributed by atoms with van der Waals surface area (Å²) in [6, 6.07) is 7.66. The maximum atomic E-state index is 9.06. The van der Waals surface area contributed by atoms with Crippen LogP contribution in [0.3, 0.4) is 0 Å². The molecule has 4 nitrogen and oxygen atoms in total. The van der Waals surface area contributed by atoms with Gasteiger partial charge in [0.1, 0.15) is 11.6 Å². The maximum absolute atomic E-state index is 9.06. The minimum absolute atomic E-state index is 0.0501. The molecule has 0 amide bonds. The van der Waals surface area contributed by atoms with Gasteiger partial charge in [-0.2, -0.15) is 0 Å². The number of alkyl halides is 1. The number of nitrogens with one attached hydrogen (secondary N) is 1. The Morgan fingerprint density at radius 3 is 2.82 bits per heavy atom. The Kier molecular flexibility index (Phi) is 3.76. The van der Waals surface area contributed by atoms with Crippen LogP contribution in [0.25, 0.3) is 10.9 Å². The summed E-state index contributed by atoms with van der Waals surface area (Å²) < 4.78 is 0. The summed E-state index contributed by atoms with van der Waals surface area (Å²) in [7, 11) is 0. The summed E-state index contributed by atoms with van der Waals surface area (Å²) in [4.78, 5) is 8.68. The van der Waals surface area contributed by atoms with Crippen molar-refractivity contribution in [2.45, 2.75) is 18.8 Å². The number of hydrogen-bond donors (Lipinski definition) is 2. The number of nitrogens with zero attached hydrogens (tertiary/aromatic N) is 2. The van der Waals surface area contributed by atoms with Gasteiger partial charge >= 0.3 is 0 Å². The molecule has 1 unspecified atom stereocenters. The predicted octanol–water partition coefficient (Wildman–Crippen LogP) is 2.16. The van der Waals surface area contributed by atoms with E-state index in [0.717, 1.165) is 10.9 Å². The summed E-state index contributed by atoms with van der Waals surface area (Å²) >= 11 is 5.77. The molecular weight excluding hydrogens is 238 g/mol. The van der Waals surface area contributed by atoms with Crippen molar-refractivity contribution in [2.75, 3.05) is 11.9 Å². The molecule has 1 heterocycles. The van der Waals surface area contributed by atoms with E-state index in [-0.39, 0.29) is 18.5 Å². The number of aromatic nitrogens is 2. The number of hydrogen-bond acceptors (Lipinski definition) is 4. The van der Waals surface area contributed by atoms with E-state index in [0.29, 0.717) is 11.6 Å². The molecule has 2 rings (SSSR count). The molecule has 1 atom stereocenters. The van der Waals surface area contributed by atoms with Crippen LogP contribution in [0, 0.1) is 0 Å². The highest BCUT2D eigenvalue weighted by molar-refractivity contribution is 6.16. The van der Waals surface area contributed by atoms with Crippen molar-refractivity contribution in [1.29, 1.82) is 0 Å². The second-order valence-corrected chi connectivity index (χ2v) is 4.13. The molecular formula is C12H14ClN3O. The van der Waals surface area contributed by atoms with E-state index in [1.165, 1.54) is 0 Å². The summed E-state index contributed by atoms with van der Waals surface area (Å²) in [6.45, 7) is 1.94. The summed E-state index contributed by atoms with van der Waals surface area (Å²) in [5.41, 5.74) is 0.853. The smallest absolute Gasteiger partial charge is 0.146 e. The Labute approximate surface area is 105 Å². The average molecular weight is 252 g/mol. The van der Waals surface area contributed by atoms with Crippen molar-refractivity contribution in [3.63, 3.8) is 0 Å². The Bertz CT molecular complexity index is 518. The van der Waals surface area contributed by atoms with Gasteiger partial charge in [0.05, 0.1) is 18.0 Å². The first-order valence-electron chi connectivity index (χ1n) is 5.43. The van der Waals surface area contributed by atoms with Crippen LogP contribution in [-0.2, 0) is 5.88 Å². The number of aliphatic hydroxyl groups excluding tert-OH is 1. The zero-order chi connectivity index (χ0) is 12.3. The predicted molar refractivity (Wildman–Crippen MR) is 69.3 cm³/mol. The highest BCUT2D eigenvalue weighted by atomic mass is 35.5. The molecule has 0 saturated heterocycles. The first-order valence-corrected chi connectivity index (χ1v) is 5.97. The number of fused-ring (bicyclic) bond motifs is 1. The number of aliphatic hydroxyl groups is 1. The molecule has 0 spiro atoms. The molecule has 0 fully saturated rings. The summed E-state index contributed by atoms with van der Waals surface area (Å²) in [6.07, 6.45) is 0. The van der Waals surface area contributed by atoms with E-state index < -0.39 is 0 Å². The van der Waals surface area contributed by atoms with Gasteiger partial charge < -0.3 is 10.4 Å². The normalized spacial score (nSPS) is 12.6. The number of halogens is 1. The molecule has 0 aliphatic carbocycles. The maximum Gasteiger partial charge on any atom is 0.146 e. The lowest BCUT2D eigenvalue weighted by Gasteiger charge is -2.14. The third-order valence-corrected chi connectivity index (χ3v) is 2.67. The van der Waals surface area contributed by atoms with Gasteiger partial charge in [0.2, 0.25) is 0 Å². The fraction of sp³-hybridized carbons (Fsp3) is 0.333. The van der Waals surface area contributed by atoms with Crippen molar-refractivity contribution >= 4 is 28.3 Å². The van der Waals surface area contributed by atoms with E-state index in [9.17, 15) is 0 Å². The van der Waals surface area contributed by atoms with E-state index in [4.69, 9.17) is 16.7 Å². The second kappa shape index (κ2) is 5.29. The van der Waals surface area contributed by atoms with Crippen molar-refractivity contribution in [2.24, 2.45) is 0 Å². The van der Waals surface area contributed by atoms with Crippen molar-refractivity contribution in [3.8, 4) is 0 Å². The fourth-order valence-corrected chi connectivity index (χ4v) is 1.69. The van der Waals surface area contributed by atoms with Crippen LogP contribution >= 0.6 is 11.6 Å². The van der Waals surface area contributed by atoms with E-state index in [1.807, 2.05) is 31.2 Å². The topological polar surface area (TPSA) is 58.0 Å². The van der Waals surface area contributed by atoms with Crippen LogP contribution in [0.5, 0.6) is 0 Å². The first kappa shape index (κ1) is 12.1. The zero-order valence-corrected chi connectivity index (χ0v) is 10.3. The van der Waals surface area contributed by atoms with Crippen molar-refractivity contribution < 1.29 is 5.11 Å². The zero-order valence-electron chi connectivity index (χ0n) is 9.52. The Morgan fingerprint density at radius 2 is 2.12 bits per heavy atom. The van der Waals surface area contributed by atoms with Crippen LogP contribution in [0.4, 0.5) is 5.82 Å². The highest BCUT2D eigenvalue weighted by Gasteiger charge is 2.08. The van der Waals surface area contributed by atoms with Gasteiger partial charge in [-0.25, -0.2) is 9.97 Å². The number of anilines is 1. The lowest BCUT2D eigenvalue weighted by atomic mass is 10.2. The van der Waals surface area contributed by atoms with Gasteiger partial charge in [-0.3, -0.25) is 0 Å². The molecule has 1 aromatic heterocycles. The molecule has 0 saturated carbocycles. The Balaban J connectivity index is 2.50. The van der Waals surface area contributed by atoms with Gasteiger partial charge in [0.25, 0.3) is 0 Å². The average Bonchev–Trinajstić information content (AvgIpc) is 2.38. The summed E-state index contributed by atoms with van der Waals surface area (Å²) in [5.74, 6) is 1.57. The Hall–Kier alpha value is -1.39. The minimum Gasteiger partial charge on any atom is -0.394 e. The number of benzene rings is 1. The lowest BCUT2D eigenvalue weighted by Crippen LogP contribution is -2.20. The van der Waals surface area contributed by atoms with Crippen LogP contribution in [-0.4, -0.2) is 27.7 Å². The van der Waals surface area contributed by atoms with Gasteiger partial charge in [-0.15, -0.1) is 11.6 Å². The van der Waals surface area contributed by atoms with E-state index in [1.54, 1.807) is 0 Å². The van der Waals surface area contributed by atoms with Crippen molar-refractivity contribution in [3.05, 3.63) is 30.1 Å². The van der Waals surface area contributed by atoms with Crippen LogP contribution in [0.2, 0.25) is 0 Å². The van der Waals surface area contributed by atoms with Crippen LogP contribution in [0.15, 0.2) is 24.3 Å². The first-order chi connectivity index (χ1) is 8.24. The van der Waals surface area contributed by atoms with Gasteiger partial charge in [0, 0.05) is 11.4 Å². The summed E-state index contributed by atoms with van der Waals surface area (Å²) in [5, 5.41) is 13.1. The third-order valence-electron chi connectivity index (χ3n) is 2.43. The molecule has 0 aliphatic heterocycles. The molecule has 0 bridgehead atoms. The van der Waals surface area contributed by atoms with Crippen LogP contribution < -0.4 is 5.32 Å². The molecule has 5 heteroatoms. The molecule has 17 heavy (non-hydrogen) atoms. The molecule has 2 N–H and O–H groups in total. The minimum atomic E-state index is -0.0588. The quantitative estimate of drug-likeness (QED) is 0.818. The highest BCUT2D eigenvalue weighted by Crippen LogP contribution is 2.21. The van der Waals surface area contributed by atoms with E-state index in [2.05, 4.69) is 15.3 Å². The molecule has 0 aliphatic rings.